The van der Waals surface area contributed by atoms with Gasteiger partial charge in [-0.15, -0.1) is 0 Å². The third-order valence-corrected chi connectivity index (χ3v) is 2.92. The predicted molar refractivity (Wildman–Crippen MR) is 75.0 cm³/mol. The van der Waals surface area contributed by atoms with E-state index in [2.05, 4.69) is 5.32 Å². The van der Waals surface area contributed by atoms with Gasteiger partial charge in [0.2, 0.25) is 0 Å². The van der Waals surface area contributed by atoms with Gasteiger partial charge in [-0.25, -0.2) is 4.39 Å². The van der Waals surface area contributed by atoms with Crippen LogP contribution in [0.3, 0.4) is 0 Å². The number of rotatable bonds is 2. The molecule has 2 aromatic carbocycles. The van der Waals surface area contributed by atoms with Gasteiger partial charge in [0.25, 0.3) is 5.91 Å². The van der Waals surface area contributed by atoms with Gasteiger partial charge in [0, 0.05) is 16.3 Å². The highest BCUT2D eigenvalue weighted by molar-refractivity contribution is 6.31. The average molecular weight is 279 g/mol. The first kappa shape index (κ1) is 13.4. The molecule has 0 saturated carbocycles. The number of nitrogen functional groups attached to an aromatic ring is 1. The molecule has 98 valence electrons. The van der Waals surface area contributed by atoms with E-state index < -0.39 is 11.7 Å². The first-order valence-corrected chi connectivity index (χ1v) is 5.97. The molecule has 0 spiro atoms. The van der Waals surface area contributed by atoms with Crippen LogP contribution in [0.5, 0.6) is 0 Å². The van der Waals surface area contributed by atoms with Gasteiger partial charge in [-0.3, -0.25) is 4.79 Å². The molecule has 3 N–H and O–H groups in total. The van der Waals surface area contributed by atoms with E-state index in [9.17, 15) is 9.18 Å². The number of benzene rings is 2. The van der Waals surface area contributed by atoms with Gasteiger partial charge in [0.15, 0.2) is 0 Å². The molecule has 0 aliphatic heterocycles. The van der Waals surface area contributed by atoms with Crippen LogP contribution in [-0.4, -0.2) is 5.91 Å². The van der Waals surface area contributed by atoms with Crippen LogP contribution in [-0.2, 0) is 0 Å². The highest BCUT2D eigenvalue weighted by atomic mass is 35.5. The lowest BCUT2D eigenvalue weighted by atomic mass is 10.1. The van der Waals surface area contributed by atoms with E-state index in [0.717, 1.165) is 5.56 Å². The minimum atomic E-state index is -0.540. The first-order valence-electron chi connectivity index (χ1n) is 5.60. The smallest absolute Gasteiger partial charge is 0.256 e. The molecule has 0 heterocycles. The molecule has 0 aliphatic rings. The highest BCUT2D eigenvalue weighted by Crippen LogP contribution is 2.20. The maximum Gasteiger partial charge on any atom is 0.256 e. The van der Waals surface area contributed by atoms with Crippen molar-refractivity contribution in [1.82, 2.24) is 0 Å². The number of aryl methyl sites for hydroxylation is 1. The van der Waals surface area contributed by atoms with Crippen LogP contribution in [0.4, 0.5) is 15.8 Å². The number of carbonyl (C=O) groups excluding carboxylic acids is 1. The van der Waals surface area contributed by atoms with Gasteiger partial charge in [0.05, 0.1) is 5.69 Å². The predicted octanol–water partition coefficient (Wildman–Crippen LogP) is 3.62. The van der Waals surface area contributed by atoms with Crippen LogP contribution in [0.15, 0.2) is 36.4 Å². The van der Waals surface area contributed by atoms with E-state index in [-0.39, 0.29) is 5.69 Å². The van der Waals surface area contributed by atoms with Crippen LogP contribution in [0, 0.1) is 12.7 Å². The fraction of sp³-hybridized carbons (Fsp3) is 0.0714. The van der Waals surface area contributed by atoms with E-state index in [4.69, 9.17) is 17.3 Å². The zero-order chi connectivity index (χ0) is 14.0. The van der Waals surface area contributed by atoms with E-state index in [1.54, 1.807) is 19.1 Å². The number of hydrogen-bond acceptors (Lipinski definition) is 2. The molecule has 2 aromatic rings. The largest absolute Gasteiger partial charge is 0.399 e. The number of anilines is 2. The van der Waals surface area contributed by atoms with E-state index in [0.29, 0.717) is 16.3 Å². The fourth-order valence-electron chi connectivity index (χ4n) is 1.67. The van der Waals surface area contributed by atoms with Gasteiger partial charge in [-0.1, -0.05) is 17.7 Å². The minimum Gasteiger partial charge on any atom is -0.399 e. The maximum atomic E-state index is 13.5. The van der Waals surface area contributed by atoms with Crippen molar-refractivity contribution in [3.63, 3.8) is 0 Å². The second-order valence-electron chi connectivity index (χ2n) is 4.15. The Balaban J connectivity index is 2.30. The number of nitrogens with one attached hydrogen (secondary N) is 1. The summed E-state index contributed by atoms with van der Waals surface area (Å²) in [5, 5.41) is 2.93. The zero-order valence-corrected chi connectivity index (χ0v) is 11.0. The van der Waals surface area contributed by atoms with Gasteiger partial charge in [0.1, 0.15) is 5.82 Å². The van der Waals surface area contributed by atoms with Crippen LogP contribution >= 0.6 is 11.6 Å². The molecule has 0 radical (unpaired) electrons. The van der Waals surface area contributed by atoms with Crippen molar-refractivity contribution >= 4 is 28.9 Å². The lowest BCUT2D eigenvalue weighted by molar-refractivity contribution is 0.102. The summed E-state index contributed by atoms with van der Waals surface area (Å²) in [4.78, 5) is 12.1. The summed E-state index contributed by atoms with van der Waals surface area (Å²) in [6.45, 7) is 1.78. The molecule has 0 atom stereocenters. The second kappa shape index (κ2) is 5.28. The summed E-state index contributed by atoms with van der Waals surface area (Å²) < 4.78 is 13.5. The summed E-state index contributed by atoms with van der Waals surface area (Å²) in [6, 6.07) is 8.96. The molecule has 0 fully saturated rings. The third-order valence-electron chi connectivity index (χ3n) is 2.68. The van der Waals surface area contributed by atoms with Crippen molar-refractivity contribution in [3.8, 4) is 0 Å². The molecule has 0 unspecified atom stereocenters. The lowest BCUT2D eigenvalue weighted by Crippen LogP contribution is -2.14. The Kier molecular flexibility index (Phi) is 3.71. The molecular weight excluding hydrogens is 267 g/mol. The monoisotopic (exact) mass is 278 g/mol. The van der Waals surface area contributed by atoms with Crippen molar-refractivity contribution in [2.24, 2.45) is 0 Å². The van der Waals surface area contributed by atoms with Gasteiger partial charge < -0.3 is 11.1 Å². The van der Waals surface area contributed by atoms with Crippen LogP contribution < -0.4 is 11.1 Å². The Morgan fingerprint density at radius 1 is 1.26 bits per heavy atom. The summed E-state index contributed by atoms with van der Waals surface area (Å²) >= 11 is 5.85. The summed E-state index contributed by atoms with van der Waals surface area (Å²) in [6.07, 6.45) is 0. The SMILES string of the molecule is Cc1ccc(Cl)cc1C(=O)Nc1cc(N)ccc1F. The highest BCUT2D eigenvalue weighted by Gasteiger charge is 2.12. The number of hydrogen-bond donors (Lipinski definition) is 2. The summed E-state index contributed by atoms with van der Waals surface area (Å²) in [5.74, 6) is -0.966. The number of amides is 1. The minimum absolute atomic E-state index is 0.0457. The zero-order valence-electron chi connectivity index (χ0n) is 10.2. The van der Waals surface area contributed by atoms with Crippen LogP contribution in [0.1, 0.15) is 15.9 Å². The van der Waals surface area contributed by atoms with Crippen molar-refractivity contribution in [2.45, 2.75) is 6.92 Å². The lowest BCUT2D eigenvalue weighted by Gasteiger charge is -2.09. The third kappa shape index (κ3) is 3.03. The Hall–Kier alpha value is -2.07. The van der Waals surface area contributed by atoms with Gasteiger partial charge in [-0.05, 0) is 42.8 Å². The van der Waals surface area contributed by atoms with E-state index in [1.807, 2.05) is 0 Å². The van der Waals surface area contributed by atoms with E-state index in [1.165, 1.54) is 24.3 Å². The quantitative estimate of drug-likeness (QED) is 0.824. The average Bonchev–Trinajstić information content (AvgIpc) is 2.36. The molecule has 0 aromatic heterocycles. The first-order chi connectivity index (χ1) is 8.97. The van der Waals surface area contributed by atoms with Crippen molar-refractivity contribution in [1.29, 1.82) is 0 Å². The van der Waals surface area contributed by atoms with Gasteiger partial charge in [-0.2, -0.15) is 0 Å². The topological polar surface area (TPSA) is 55.1 Å². The molecular formula is C14H12ClFN2O. The number of halogens is 2. The van der Waals surface area contributed by atoms with Crippen LogP contribution in [0.25, 0.3) is 0 Å². The fourth-order valence-corrected chi connectivity index (χ4v) is 1.84. The van der Waals surface area contributed by atoms with Crippen molar-refractivity contribution in [2.75, 3.05) is 11.1 Å². The molecule has 0 aliphatic carbocycles. The summed E-state index contributed by atoms with van der Waals surface area (Å²) in [7, 11) is 0. The van der Waals surface area contributed by atoms with E-state index >= 15 is 0 Å². The second-order valence-corrected chi connectivity index (χ2v) is 4.59. The molecule has 19 heavy (non-hydrogen) atoms. The molecule has 5 heteroatoms. The van der Waals surface area contributed by atoms with Crippen LogP contribution in [0.2, 0.25) is 5.02 Å². The molecule has 3 nitrogen and oxygen atoms in total. The number of nitrogens with two attached hydrogens (primary N) is 1. The normalized spacial score (nSPS) is 10.3. The van der Waals surface area contributed by atoms with Crippen molar-refractivity contribution in [3.05, 3.63) is 58.4 Å². The molecule has 0 saturated heterocycles. The molecule has 1 amide bonds. The Labute approximate surface area is 115 Å². The Bertz CT molecular complexity index is 643. The standard InChI is InChI=1S/C14H12ClFN2O/c1-8-2-3-9(15)6-11(8)14(19)18-13-7-10(17)4-5-12(13)16/h2-7H,17H2,1H3,(H,18,19). The Morgan fingerprint density at radius 3 is 2.74 bits per heavy atom. The number of carbonyl (C=O) groups is 1. The van der Waals surface area contributed by atoms with Gasteiger partial charge >= 0.3 is 0 Å². The molecule has 0 bridgehead atoms. The maximum absolute atomic E-state index is 13.5. The summed E-state index contributed by atoms with van der Waals surface area (Å²) in [5.41, 5.74) is 7.13. The van der Waals surface area contributed by atoms with Crippen molar-refractivity contribution < 1.29 is 9.18 Å². The molecule has 2 rings (SSSR count). The Morgan fingerprint density at radius 2 is 2.00 bits per heavy atom.